The first-order valence-electron chi connectivity index (χ1n) is 9.37. The maximum Gasteiger partial charge on any atom is 0.262 e. The lowest BCUT2D eigenvalue weighted by atomic mass is 10.1. The van der Waals surface area contributed by atoms with Gasteiger partial charge in [-0.05, 0) is 55.5 Å². The van der Waals surface area contributed by atoms with Crippen LogP contribution in [0.15, 0.2) is 72.8 Å². The van der Waals surface area contributed by atoms with Crippen LogP contribution in [0.4, 0.5) is 15.8 Å². The molecule has 0 heterocycles. The van der Waals surface area contributed by atoms with E-state index in [4.69, 9.17) is 9.47 Å². The molecule has 3 aromatic carbocycles. The molecule has 0 fully saturated rings. The van der Waals surface area contributed by atoms with Crippen molar-refractivity contribution >= 4 is 23.2 Å². The number of anilines is 2. The number of carbonyl (C=O) groups excluding carboxylic acids is 2. The molecule has 0 unspecified atom stereocenters. The Labute approximate surface area is 173 Å². The molecule has 3 aromatic rings. The smallest absolute Gasteiger partial charge is 0.262 e. The fourth-order valence-corrected chi connectivity index (χ4v) is 2.68. The van der Waals surface area contributed by atoms with Gasteiger partial charge in [-0.3, -0.25) is 9.59 Å². The molecule has 2 amide bonds. The van der Waals surface area contributed by atoms with E-state index in [2.05, 4.69) is 10.6 Å². The Kier molecular flexibility index (Phi) is 7.00. The summed E-state index contributed by atoms with van der Waals surface area (Å²) in [6.45, 7) is 2.05. The molecule has 0 saturated carbocycles. The summed E-state index contributed by atoms with van der Waals surface area (Å²) in [6.07, 6.45) is 0. The highest BCUT2D eigenvalue weighted by Gasteiger charge is 2.14. The van der Waals surface area contributed by atoms with Crippen molar-refractivity contribution in [2.45, 2.75) is 6.92 Å². The van der Waals surface area contributed by atoms with Crippen molar-refractivity contribution in [1.29, 1.82) is 0 Å². The maximum absolute atomic E-state index is 13.6. The summed E-state index contributed by atoms with van der Waals surface area (Å²) in [5.41, 5.74) is 1.20. The minimum absolute atomic E-state index is 0.0193. The van der Waals surface area contributed by atoms with E-state index >= 15 is 0 Å². The van der Waals surface area contributed by atoms with Crippen molar-refractivity contribution in [2.24, 2.45) is 0 Å². The summed E-state index contributed by atoms with van der Waals surface area (Å²) < 4.78 is 24.2. The first-order chi connectivity index (χ1) is 14.6. The third-order valence-corrected chi connectivity index (χ3v) is 4.06. The molecule has 0 saturated heterocycles. The lowest BCUT2D eigenvalue weighted by Gasteiger charge is -2.12. The molecule has 2 N–H and O–H groups in total. The highest BCUT2D eigenvalue weighted by Crippen LogP contribution is 2.20. The standard InChI is InChI=1S/C23H21FN2O4/c1-2-29-17-13-11-16(12-14-17)25-23(28)18-7-3-5-9-20(18)26-22(27)15-30-21-10-6-4-8-19(21)24/h3-14H,2,15H2,1H3,(H,25,28)(H,26,27). The highest BCUT2D eigenvalue weighted by molar-refractivity contribution is 6.10. The van der Waals surface area contributed by atoms with Gasteiger partial charge in [0, 0.05) is 5.69 Å². The van der Waals surface area contributed by atoms with Crippen molar-refractivity contribution in [3.63, 3.8) is 0 Å². The molecule has 0 aliphatic carbocycles. The number of hydrogen-bond donors (Lipinski definition) is 2. The Hall–Kier alpha value is -3.87. The average Bonchev–Trinajstić information content (AvgIpc) is 2.75. The first-order valence-corrected chi connectivity index (χ1v) is 9.37. The van der Waals surface area contributed by atoms with Crippen molar-refractivity contribution in [3.8, 4) is 11.5 Å². The molecule has 0 spiro atoms. The molecule has 0 bridgehead atoms. The number of rotatable bonds is 8. The van der Waals surface area contributed by atoms with E-state index in [1.165, 1.54) is 18.2 Å². The van der Waals surface area contributed by atoms with E-state index in [1.807, 2.05) is 6.92 Å². The Morgan fingerprint density at radius 3 is 2.30 bits per heavy atom. The second-order valence-electron chi connectivity index (χ2n) is 6.22. The van der Waals surface area contributed by atoms with Gasteiger partial charge in [-0.15, -0.1) is 0 Å². The quantitative estimate of drug-likeness (QED) is 0.576. The SMILES string of the molecule is CCOc1ccc(NC(=O)c2ccccc2NC(=O)COc2ccccc2F)cc1. The van der Waals surface area contributed by atoms with Gasteiger partial charge in [0.05, 0.1) is 17.9 Å². The van der Waals surface area contributed by atoms with Gasteiger partial charge in [-0.2, -0.15) is 0 Å². The zero-order chi connectivity index (χ0) is 21.3. The molecule has 7 heteroatoms. The molecular weight excluding hydrogens is 387 g/mol. The Balaban J connectivity index is 1.63. The molecule has 0 aliphatic heterocycles. The summed E-state index contributed by atoms with van der Waals surface area (Å²) in [5.74, 6) is -0.766. The number of para-hydroxylation sites is 2. The summed E-state index contributed by atoms with van der Waals surface area (Å²) in [7, 11) is 0. The van der Waals surface area contributed by atoms with Crippen LogP contribution in [0.2, 0.25) is 0 Å². The molecule has 0 atom stereocenters. The van der Waals surface area contributed by atoms with Gasteiger partial charge < -0.3 is 20.1 Å². The monoisotopic (exact) mass is 408 g/mol. The molecule has 0 aliphatic rings. The van der Waals surface area contributed by atoms with Gasteiger partial charge >= 0.3 is 0 Å². The third kappa shape index (κ3) is 5.57. The minimum atomic E-state index is -0.555. The van der Waals surface area contributed by atoms with Crippen molar-refractivity contribution in [1.82, 2.24) is 0 Å². The molecular formula is C23H21FN2O4. The van der Waals surface area contributed by atoms with E-state index in [9.17, 15) is 14.0 Å². The third-order valence-electron chi connectivity index (χ3n) is 4.06. The Morgan fingerprint density at radius 1 is 0.867 bits per heavy atom. The van der Waals surface area contributed by atoms with Crippen LogP contribution >= 0.6 is 0 Å². The number of carbonyl (C=O) groups is 2. The van der Waals surface area contributed by atoms with Gasteiger partial charge in [0.1, 0.15) is 5.75 Å². The van der Waals surface area contributed by atoms with Crippen LogP contribution in [0.1, 0.15) is 17.3 Å². The van der Waals surface area contributed by atoms with Crippen LogP contribution in [0.5, 0.6) is 11.5 Å². The Morgan fingerprint density at radius 2 is 1.57 bits per heavy atom. The van der Waals surface area contributed by atoms with Gasteiger partial charge in [0.2, 0.25) is 0 Å². The summed E-state index contributed by atoms with van der Waals surface area (Å²) >= 11 is 0. The zero-order valence-corrected chi connectivity index (χ0v) is 16.4. The van der Waals surface area contributed by atoms with E-state index in [1.54, 1.807) is 54.6 Å². The predicted molar refractivity (Wildman–Crippen MR) is 113 cm³/mol. The lowest BCUT2D eigenvalue weighted by molar-refractivity contribution is -0.118. The van der Waals surface area contributed by atoms with Crippen LogP contribution in [0.25, 0.3) is 0 Å². The van der Waals surface area contributed by atoms with Crippen molar-refractivity contribution < 1.29 is 23.5 Å². The first kappa shape index (κ1) is 20.9. The number of nitrogens with one attached hydrogen (secondary N) is 2. The number of amides is 2. The molecule has 6 nitrogen and oxygen atoms in total. The van der Waals surface area contributed by atoms with E-state index in [0.717, 1.165) is 0 Å². The number of halogens is 1. The average molecular weight is 408 g/mol. The van der Waals surface area contributed by atoms with Gasteiger partial charge in [-0.1, -0.05) is 24.3 Å². The molecule has 3 rings (SSSR count). The largest absolute Gasteiger partial charge is 0.494 e. The number of hydrogen-bond acceptors (Lipinski definition) is 4. The van der Waals surface area contributed by atoms with Crippen LogP contribution in [0, 0.1) is 5.82 Å². The van der Waals surface area contributed by atoms with E-state index in [-0.39, 0.29) is 17.2 Å². The topological polar surface area (TPSA) is 76.7 Å². The maximum atomic E-state index is 13.6. The molecule has 0 radical (unpaired) electrons. The number of ether oxygens (including phenoxy) is 2. The molecule has 0 aromatic heterocycles. The Bertz CT molecular complexity index is 1020. The van der Waals surface area contributed by atoms with Crippen molar-refractivity contribution in [3.05, 3.63) is 84.2 Å². The van der Waals surface area contributed by atoms with E-state index in [0.29, 0.717) is 23.7 Å². The van der Waals surface area contributed by atoms with Crippen LogP contribution < -0.4 is 20.1 Å². The second kappa shape index (κ2) is 10.1. The summed E-state index contributed by atoms with van der Waals surface area (Å²) in [5, 5.41) is 5.41. The summed E-state index contributed by atoms with van der Waals surface area (Å²) in [6, 6.07) is 19.4. The van der Waals surface area contributed by atoms with Gasteiger partial charge in [0.15, 0.2) is 18.2 Å². The summed E-state index contributed by atoms with van der Waals surface area (Å²) in [4.78, 5) is 24.9. The van der Waals surface area contributed by atoms with Crippen LogP contribution in [0.3, 0.4) is 0 Å². The van der Waals surface area contributed by atoms with Crippen LogP contribution in [-0.2, 0) is 4.79 Å². The van der Waals surface area contributed by atoms with E-state index < -0.39 is 18.3 Å². The highest BCUT2D eigenvalue weighted by atomic mass is 19.1. The molecule has 30 heavy (non-hydrogen) atoms. The van der Waals surface area contributed by atoms with Crippen LogP contribution in [-0.4, -0.2) is 25.0 Å². The van der Waals surface area contributed by atoms with Gasteiger partial charge in [0.25, 0.3) is 11.8 Å². The fourth-order valence-electron chi connectivity index (χ4n) is 2.68. The predicted octanol–water partition coefficient (Wildman–Crippen LogP) is 4.49. The normalized spacial score (nSPS) is 10.2. The molecule has 154 valence electrons. The minimum Gasteiger partial charge on any atom is -0.494 e. The second-order valence-corrected chi connectivity index (χ2v) is 6.22. The van der Waals surface area contributed by atoms with Gasteiger partial charge in [-0.25, -0.2) is 4.39 Å². The number of benzene rings is 3. The van der Waals surface area contributed by atoms with Crippen molar-refractivity contribution in [2.75, 3.05) is 23.8 Å². The zero-order valence-electron chi connectivity index (χ0n) is 16.4. The fraction of sp³-hybridized carbons (Fsp3) is 0.130. The lowest BCUT2D eigenvalue weighted by Crippen LogP contribution is -2.23.